The van der Waals surface area contributed by atoms with Gasteiger partial charge in [0.15, 0.2) is 0 Å². The van der Waals surface area contributed by atoms with E-state index >= 15 is 0 Å². The minimum Gasteiger partial charge on any atom is -0.333 e. The lowest BCUT2D eigenvalue weighted by atomic mass is 10.0. The highest BCUT2D eigenvalue weighted by atomic mass is 32.2. The van der Waals surface area contributed by atoms with Crippen molar-refractivity contribution in [3.8, 4) is 0 Å². The molecule has 0 radical (unpaired) electrons. The molecule has 2 bridgehead atoms. The summed E-state index contributed by atoms with van der Waals surface area (Å²) in [5, 5.41) is -0.280. The number of hydrogen-bond donors (Lipinski definition) is 0. The molecule has 5 heteroatoms. The molecule has 1 amide bonds. The lowest BCUT2D eigenvalue weighted by Crippen LogP contribution is -2.49. The average Bonchev–Trinajstić information content (AvgIpc) is 2.67. The molecule has 21 heavy (non-hydrogen) atoms. The van der Waals surface area contributed by atoms with Gasteiger partial charge in [-0.1, -0.05) is 17.7 Å². The molecule has 4 nitrogen and oxygen atoms in total. The van der Waals surface area contributed by atoms with Crippen LogP contribution >= 0.6 is 0 Å². The first-order chi connectivity index (χ1) is 9.86. The van der Waals surface area contributed by atoms with Crippen LogP contribution in [0.5, 0.6) is 0 Å². The van der Waals surface area contributed by atoms with E-state index < -0.39 is 9.84 Å². The largest absolute Gasteiger partial charge is 0.333 e. The molecule has 2 aliphatic rings. The molecule has 0 saturated carbocycles. The maximum atomic E-state index is 12.7. The van der Waals surface area contributed by atoms with Crippen molar-refractivity contribution in [2.24, 2.45) is 0 Å². The molecule has 2 fully saturated rings. The Morgan fingerprint density at radius 1 is 1.10 bits per heavy atom. The number of sulfone groups is 1. The Hall–Kier alpha value is -1.36. The highest BCUT2D eigenvalue weighted by Gasteiger charge is 2.45. The van der Waals surface area contributed by atoms with Crippen molar-refractivity contribution in [3.05, 3.63) is 35.4 Å². The maximum Gasteiger partial charge on any atom is 0.254 e. The summed E-state index contributed by atoms with van der Waals surface area (Å²) in [5.74, 6) is 0.0504. The minimum atomic E-state index is -3.01. The SMILES string of the molecule is Cc1ccc(C(=O)N2C3CCC2CC(S(C)(=O)=O)C3)cc1. The van der Waals surface area contributed by atoms with Gasteiger partial charge in [-0.15, -0.1) is 0 Å². The van der Waals surface area contributed by atoms with Crippen molar-refractivity contribution >= 4 is 15.7 Å². The molecule has 0 N–H and O–H groups in total. The highest BCUT2D eigenvalue weighted by Crippen LogP contribution is 2.38. The molecule has 2 unspecified atom stereocenters. The van der Waals surface area contributed by atoms with Gasteiger partial charge in [-0.05, 0) is 44.7 Å². The Morgan fingerprint density at radius 2 is 1.62 bits per heavy atom. The quantitative estimate of drug-likeness (QED) is 0.841. The average molecular weight is 307 g/mol. The zero-order valence-electron chi connectivity index (χ0n) is 12.5. The summed E-state index contributed by atoms with van der Waals surface area (Å²) >= 11 is 0. The molecule has 2 heterocycles. The summed E-state index contributed by atoms with van der Waals surface area (Å²) in [7, 11) is -3.01. The number of piperidine rings is 1. The number of carbonyl (C=O) groups is 1. The first-order valence-electron chi connectivity index (χ1n) is 7.44. The van der Waals surface area contributed by atoms with Gasteiger partial charge in [-0.2, -0.15) is 0 Å². The van der Waals surface area contributed by atoms with E-state index in [9.17, 15) is 13.2 Å². The first kappa shape index (κ1) is 14.6. The van der Waals surface area contributed by atoms with Crippen molar-refractivity contribution < 1.29 is 13.2 Å². The Morgan fingerprint density at radius 3 is 2.10 bits per heavy atom. The molecule has 1 aromatic rings. The van der Waals surface area contributed by atoms with E-state index in [1.807, 2.05) is 36.1 Å². The number of amides is 1. The second kappa shape index (κ2) is 5.13. The predicted molar refractivity (Wildman–Crippen MR) is 82.0 cm³/mol. The van der Waals surface area contributed by atoms with Crippen molar-refractivity contribution in [1.29, 1.82) is 0 Å². The van der Waals surface area contributed by atoms with Gasteiger partial charge in [0.25, 0.3) is 5.91 Å². The highest BCUT2D eigenvalue weighted by molar-refractivity contribution is 7.91. The lowest BCUT2D eigenvalue weighted by molar-refractivity contribution is 0.0598. The molecule has 2 aliphatic heterocycles. The van der Waals surface area contributed by atoms with E-state index in [2.05, 4.69) is 0 Å². The van der Waals surface area contributed by atoms with Crippen LogP contribution in [0.25, 0.3) is 0 Å². The lowest BCUT2D eigenvalue weighted by Gasteiger charge is -2.38. The van der Waals surface area contributed by atoms with Crippen molar-refractivity contribution in [2.45, 2.75) is 49.9 Å². The van der Waals surface area contributed by atoms with Crippen molar-refractivity contribution in [2.75, 3.05) is 6.26 Å². The molecule has 3 rings (SSSR count). The fourth-order valence-electron chi connectivity index (χ4n) is 3.65. The summed E-state index contributed by atoms with van der Waals surface area (Å²) in [6.45, 7) is 2.00. The summed E-state index contributed by atoms with van der Waals surface area (Å²) in [6, 6.07) is 7.77. The second-order valence-electron chi connectivity index (χ2n) is 6.39. The van der Waals surface area contributed by atoms with Gasteiger partial charge in [-0.3, -0.25) is 4.79 Å². The number of fused-ring (bicyclic) bond motifs is 2. The third-order valence-corrected chi connectivity index (χ3v) is 6.42. The number of aryl methyl sites for hydroxylation is 1. The summed E-state index contributed by atoms with van der Waals surface area (Å²) in [4.78, 5) is 14.6. The monoisotopic (exact) mass is 307 g/mol. The summed E-state index contributed by atoms with van der Waals surface area (Å²) in [6.07, 6.45) is 4.34. The molecular weight excluding hydrogens is 286 g/mol. The minimum absolute atomic E-state index is 0.0504. The van der Waals surface area contributed by atoms with E-state index in [-0.39, 0.29) is 23.2 Å². The van der Waals surface area contributed by atoms with Gasteiger partial charge < -0.3 is 4.90 Å². The number of hydrogen-bond acceptors (Lipinski definition) is 3. The normalized spacial score (nSPS) is 28.7. The van der Waals surface area contributed by atoms with Crippen LogP contribution in [0.15, 0.2) is 24.3 Å². The standard InChI is InChI=1S/C16H21NO3S/c1-11-3-5-12(6-4-11)16(18)17-13-7-8-14(17)10-15(9-13)21(2,19)20/h3-6,13-15H,7-10H2,1-2H3. The zero-order chi connectivity index (χ0) is 15.2. The molecule has 1 aromatic carbocycles. The van der Waals surface area contributed by atoms with Gasteiger partial charge in [0.1, 0.15) is 9.84 Å². The van der Waals surface area contributed by atoms with Crippen LogP contribution in [0.2, 0.25) is 0 Å². The van der Waals surface area contributed by atoms with Crippen LogP contribution in [0.3, 0.4) is 0 Å². The van der Waals surface area contributed by atoms with Crippen LogP contribution in [-0.2, 0) is 9.84 Å². The number of carbonyl (C=O) groups excluding carboxylic acids is 1. The van der Waals surface area contributed by atoms with E-state index in [1.54, 1.807) is 0 Å². The Labute approximate surface area is 126 Å². The summed E-state index contributed by atoms with van der Waals surface area (Å²) < 4.78 is 23.6. The molecule has 0 aliphatic carbocycles. The Kier molecular flexibility index (Phi) is 3.56. The maximum absolute atomic E-state index is 12.7. The van der Waals surface area contributed by atoms with Crippen LogP contribution in [0.1, 0.15) is 41.6 Å². The van der Waals surface area contributed by atoms with E-state index in [0.29, 0.717) is 18.4 Å². The fraction of sp³-hybridized carbons (Fsp3) is 0.562. The van der Waals surface area contributed by atoms with Crippen molar-refractivity contribution in [1.82, 2.24) is 4.90 Å². The summed E-state index contributed by atoms with van der Waals surface area (Å²) in [5.41, 5.74) is 1.83. The van der Waals surface area contributed by atoms with Gasteiger partial charge in [-0.25, -0.2) is 8.42 Å². The first-order valence-corrected chi connectivity index (χ1v) is 9.40. The molecule has 2 atom stereocenters. The Balaban J connectivity index is 1.82. The molecule has 0 aromatic heterocycles. The predicted octanol–water partition coefficient (Wildman–Crippen LogP) is 2.18. The number of nitrogens with zero attached hydrogens (tertiary/aromatic N) is 1. The fourth-order valence-corrected chi connectivity index (χ4v) is 4.80. The van der Waals surface area contributed by atoms with Crippen LogP contribution in [-0.4, -0.2) is 42.8 Å². The van der Waals surface area contributed by atoms with E-state index in [4.69, 9.17) is 0 Å². The Bertz CT molecular complexity index is 637. The van der Waals surface area contributed by atoms with Gasteiger partial charge in [0.2, 0.25) is 0 Å². The van der Waals surface area contributed by atoms with Gasteiger partial charge in [0, 0.05) is 23.9 Å². The molecule has 0 spiro atoms. The number of rotatable bonds is 2. The third-order valence-electron chi connectivity index (χ3n) is 4.83. The zero-order valence-corrected chi connectivity index (χ0v) is 13.3. The van der Waals surface area contributed by atoms with E-state index in [1.165, 1.54) is 6.26 Å². The third kappa shape index (κ3) is 2.71. The second-order valence-corrected chi connectivity index (χ2v) is 8.71. The topological polar surface area (TPSA) is 54.5 Å². The smallest absolute Gasteiger partial charge is 0.254 e. The number of benzene rings is 1. The van der Waals surface area contributed by atoms with E-state index in [0.717, 1.165) is 18.4 Å². The van der Waals surface area contributed by atoms with Crippen LogP contribution in [0.4, 0.5) is 0 Å². The molecule has 114 valence electrons. The van der Waals surface area contributed by atoms with Crippen molar-refractivity contribution in [3.63, 3.8) is 0 Å². The van der Waals surface area contributed by atoms with Crippen LogP contribution in [0, 0.1) is 6.92 Å². The molecular formula is C16H21NO3S. The van der Waals surface area contributed by atoms with Gasteiger partial charge >= 0.3 is 0 Å². The van der Waals surface area contributed by atoms with Gasteiger partial charge in [0.05, 0.1) is 5.25 Å². The van der Waals surface area contributed by atoms with Crippen LogP contribution < -0.4 is 0 Å². The molecule has 2 saturated heterocycles.